The van der Waals surface area contributed by atoms with Gasteiger partial charge in [-0.3, -0.25) is 14.2 Å². The van der Waals surface area contributed by atoms with E-state index in [0.29, 0.717) is 17.4 Å². The maximum atomic E-state index is 12.9. The van der Waals surface area contributed by atoms with Crippen molar-refractivity contribution in [2.75, 3.05) is 47.5 Å². The molecule has 0 saturated heterocycles. The summed E-state index contributed by atoms with van der Waals surface area (Å²) in [6, 6.07) is 0. The number of hydrogen-bond acceptors (Lipinski definition) is 8. The maximum Gasteiger partial charge on any atom is 0.306 e. The van der Waals surface area contributed by atoms with Gasteiger partial charge in [-0.1, -0.05) is 344 Å². The number of phosphoric ester groups is 1. The minimum Gasteiger partial charge on any atom is -0.756 e. The van der Waals surface area contributed by atoms with E-state index < -0.39 is 26.5 Å². The normalized spacial score (nSPS) is 13.4. The van der Waals surface area contributed by atoms with Crippen LogP contribution in [0.25, 0.3) is 0 Å². The van der Waals surface area contributed by atoms with Crippen LogP contribution in [-0.2, 0) is 32.7 Å². The molecule has 2 atom stereocenters. The summed E-state index contributed by atoms with van der Waals surface area (Å²) >= 11 is 0. The van der Waals surface area contributed by atoms with E-state index in [0.717, 1.165) is 57.8 Å². The molecule has 0 bridgehead atoms. The molecule has 0 spiro atoms. The van der Waals surface area contributed by atoms with Crippen molar-refractivity contribution in [3.8, 4) is 0 Å². The number of nitrogens with zero attached hydrogens (tertiary/aromatic N) is 1. The summed E-state index contributed by atoms with van der Waals surface area (Å²) < 4.78 is 34.4. The molecular formula is C80H148NO8P. The monoisotopic (exact) mass is 1280 g/mol. The van der Waals surface area contributed by atoms with Gasteiger partial charge >= 0.3 is 11.9 Å². The van der Waals surface area contributed by atoms with Gasteiger partial charge in [-0.05, 0) is 89.9 Å². The van der Waals surface area contributed by atoms with Crippen molar-refractivity contribution in [2.45, 2.75) is 380 Å². The van der Waals surface area contributed by atoms with Crippen LogP contribution in [0.4, 0.5) is 0 Å². The fourth-order valence-electron chi connectivity index (χ4n) is 11.3. The molecule has 0 aromatic rings. The van der Waals surface area contributed by atoms with Gasteiger partial charge in [0.2, 0.25) is 0 Å². The third kappa shape index (κ3) is 74.5. The van der Waals surface area contributed by atoms with Gasteiger partial charge in [0.1, 0.15) is 19.8 Å². The summed E-state index contributed by atoms with van der Waals surface area (Å²) in [5, 5.41) is 0. The van der Waals surface area contributed by atoms with Crippen LogP contribution in [0.15, 0.2) is 72.9 Å². The van der Waals surface area contributed by atoms with E-state index >= 15 is 0 Å². The van der Waals surface area contributed by atoms with Crippen molar-refractivity contribution in [2.24, 2.45) is 0 Å². The quantitative estimate of drug-likeness (QED) is 0.0195. The number of esters is 2. The van der Waals surface area contributed by atoms with Crippen molar-refractivity contribution in [3.63, 3.8) is 0 Å². The Labute approximate surface area is 559 Å². The van der Waals surface area contributed by atoms with Gasteiger partial charge in [0.25, 0.3) is 7.82 Å². The van der Waals surface area contributed by atoms with Gasteiger partial charge < -0.3 is 27.9 Å². The molecule has 90 heavy (non-hydrogen) atoms. The molecule has 0 N–H and O–H groups in total. The topological polar surface area (TPSA) is 111 Å². The minimum absolute atomic E-state index is 0.0313. The number of hydrogen-bond donors (Lipinski definition) is 0. The lowest BCUT2D eigenvalue weighted by Crippen LogP contribution is -2.37. The predicted octanol–water partition coefficient (Wildman–Crippen LogP) is 24.9. The van der Waals surface area contributed by atoms with Crippen LogP contribution in [-0.4, -0.2) is 70.0 Å². The molecule has 0 heterocycles. The van der Waals surface area contributed by atoms with E-state index in [2.05, 4.69) is 86.8 Å². The summed E-state index contributed by atoms with van der Waals surface area (Å²) in [4.78, 5) is 38.1. The smallest absolute Gasteiger partial charge is 0.306 e. The van der Waals surface area contributed by atoms with Crippen LogP contribution in [0.5, 0.6) is 0 Å². The second-order valence-corrected chi connectivity index (χ2v) is 28.8. The lowest BCUT2D eigenvalue weighted by atomic mass is 10.0. The fraction of sp³-hybridized carbons (Fsp3) is 0.825. The highest BCUT2D eigenvalue weighted by Gasteiger charge is 2.22. The van der Waals surface area contributed by atoms with Crippen molar-refractivity contribution >= 4 is 19.8 Å². The molecule has 0 aromatic carbocycles. The van der Waals surface area contributed by atoms with E-state index in [1.807, 2.05) is 21.1 Å². The molecule has 0 saturated carbocycles. The SMILES string of the molecule is CCCCCCC/C=C\C/C=C\C/C=C\CCCCCCCCCCCCCCCCCCCCCCCCCCCCC(=O)OC(COC(=O)CCCCCCCCCCCC/C=C\C/C=C\C/C=C\CCCCCCC)COP(=O)([O-])OCC[N+](C)(C)C. The number of carbonyl (C=O) groups excluding carboxylic acids is 2. The first-order valence-electron chi connectivity index (χ1n) is 38.6. The Bertz CT molecular complexity index is 1750. The number of ether oxygens (including phenoxy) is 2. The Hall–Kier alpha value is -2.55. The largest absolute Gasteiger partial charge is 0.756 e. The third-order valence-electron chi connectivity index (χ3n) is 17.2. The Kier molecular flexibility index (Phi) is 68.8. The van der Waals surface area contributed by atoms with Crippen LogP contribution < -0.4 is 4.89 Å². The third-order valence-corrected chi connectivity index (χ3v) is 18.2. The first-order valence-corrected chi connectivity index (χ1v) is 40.1. The Morgan fingerprint density at radius 2 is 0.600 bits per heavy atom. The number of unbranched alkanes of at least 4 members (excludes halogenated alkanes) is 46. The van der Waals surface area contributed by atoms with Crippen LogP contribution in [0.1, 0.15) is 373 Å². The van der Waals surface area contributed by atoms with Crippen LogP contribution in [0.2, 0.25) is 0 Å². The van der Waals surface area contributed by atoms with Gasteiger partial charge in [0.05, 0.1) is 27.7 Å². The van der Waals surface area contributed by atoms with Crippen molar-refractivity contribution in [1.29, 1.82) is 0 Å². The second kappa shape index (κ2) is 70.8. The van der Waals surface area contributed by atoms with E-state index in [4.69, 9.17) is 18.5 Å². The molecule has 0 aliphatic rings. The summed E-state index contributed by atoms with van der Waals surface area (Å²) in [6.45, 7) is 4.26. The van der Waals surface area contributed by atoms with Crippen molar-refractivity contribution in [3.05, 3.63) is 72.9 Å². The molecule has 10 heteroatoms. The van der Waals surface area contributed by atoms with Gasteiger partial charge in [0.15, 0.2) is 6.10 Å². The average molecular weight is 1280 g/mol. The van der Waals surface area contributed by atoms with Gasteiger partial charge in [-0.2, -0.15) is 0 Å². The zero-order valence-electron chi connectivity index (χ0n) is 60.1. The lowest BCUT2D eigenvalue weighted by Gasteiger charge is -2.28. The molecule has 0 aliphatic heterocycles. The molecule has 0 aromatic heterocycles. The standard InChI is InChI=1S/C80H148NO8P/c1-6-8-10-12-14-16-18-20-22-24-26-28-30-32-33-34-35-36-37-38-39-40-41-42-43-44-45-46-47-49-51-53-55-57-59-61-63-65-67-69-71-73-80(83)89-78(77-88-90(84,85)87-75-74-81(3,4)5)76-86-79(82)72-70-68-66-64-62-60-58-56-54-52-50-48-31-29-27-25-23-21-19-17-15-13-11-9-7-2/h18-21,24-27,30-32,48,78H,6-17,22-23,28-29,33-47,49-77H2,1-5H3/b20-18-,21-19-,26-24-,27-25-,32-30-,48-31-. The van der Waals surface area contributed by atoms with E-state index in [9.17, 15) is 19.0 Å². The summed E-state index contributed by atoms with van der Waals surface area (Å²) in [5.74, 6) is -0.822. The second-order valence-electron chi connectivity index (χ2n) is 27.4. The molecule has 0 amide bonds. The number of carbonyl (C=O) groups is 2. The van der Waals surface area contributed by atoms with Gasteiger partial charge in [-0.15, -0.1) is 0 Å². The fourth-order valence-corrected chi connectivity index (χ4v) is 12.0. The zero-order chi connectivity index (χ0) is 65.5. The first kappa shape index (κ1) is 87.5. The highest BCUT2D eigenvalue weighted by atomic mass is 31.2. The molecule has 2 unspecified atom stereocenters. The molecule has 0 aliphatic carbocycles. The summed E-state index contributed by atoms with van der Waals surface area (Å²) in [7, 11) is 1.18. The number of allylic oxidation sites excluding steroid dienone is 12. The van der Waals surface area contributed by atoms with Crippen molar-refractivity contribution < 1.29 is 42.1 Å². The van der Waals surface area contributed by atoms with Crippen LogP contribution in [0, 0.1) is 0 Å². The number of quaternary nitrogens is 1. The summed E-state index contributed by atoms with van der Waals surface area (Å²) in [6.07, 6.45) is 95.9. The van der Waals surface area contributed by atoms with Crippen LogP contribution >= 0.6 is 7.82 Å². The van der Waals surface area contributed by atoms with E-state index in [-0.39, 0.29) is 32.0 Å². The average Bonchev–Trinajstić information content (AvgIpc) is 3.62. The highest BCUT2D eigenvalue weighted by molar-refractivity contribution is 7.45. The summed E-state index contributed by atoms with van der Waals surface area (Å²) in [5.41, 5.74) is 0. The number of rotatable bonds is 72. The lowest BCUT2D eigenvalue weighted by molar-refractivity contribution is -0.870. The number of phosphoric acid groups is 1. The zero-order valence-corrected chi connectivity index (χ0v) is 61.0. The molecule has 9 nitrogen and oxygen atoms in total. The molecular weight excluding hydrogens is 1130 g/mol. The first-order chi connectivity index (χ1) is 44.0. The van der Waals surface area contributed by atoms with Gasteiger partial charge in [0, 0.05) is 12.8 Å². The molecule has 0 rings (SSSR count). The highest BCUT2D eigenvalue weighted by Crippen LogP contribution is 2.38. The minimum atomic E-state index is -4.65. The Morgan fingerprint density at radius 1 is 0.344 bits per heavy atom. The van der Waals surface area contributed by atoms with E-state index in [1.165, 1.54) is 283 Å². The Balaban J connectivity index is 3.92. The molecule has 0 fully saturated rings. The Morgan fingerprint density at radius 3 is 0.889 bits per heavy atom. The van der Waals surface area contributed by atoms with Crippen molar-refractivity contribution in [1.82, 2.24) is 0 Å². The molecule has 0 radical (unpaired) electrons. The number of likely N-dealkylation sites (N-methyl/N-ethyl adjacent to an activating group) is 1. The van der Waals surface area contributed by atoms with Gasteiger partial charge in [-0.25, -0.2) is 0 Å². The van der Waals surface area contributed by atoms with E-state index in [1.54, 1.807) is 0 Å². The maximum absolute atomic E-state index is 12.9. The molecule has 526 valence electrons. The van der Waals surface area contributed by atoms with Crippen LogP contribution in [0.3, 0.4) is 0 Å². The predicted molar refractivity (Wildman–Crippen MR) is 388 cm³/mol.